The summed E-state index contributed by atoms with van der Waals surface area (Å²) in [6.07, 6.45) is 1.66. The maximum absolute atomic E-state index is 12.5. The molecule has 0 aliphatic carbocycles. The highest BCUT2D eigenvalue weighted by molar-refractivity contribution is 6.33. The number of hydrogen-bond donors (Lipinski definition) is 1. The summed E-state index contributed by atoms with van der Waals surface area (Å²) in [7, 11) is 0. The molecule has 1 heterocycles. The van der Waals surface area contributed by atoms with Crippen molar-refractivity contribution in [3.63, 3.8) is 0 Å². The molecule has 0 aromatic carbocycles. The van der Waals surface area contributed by atoms with Gasteiger partial charge in [-0.2, -0.15) is 0 Å². The predicted molar refractivity (Wildman–Crippen MR) is 76.7 cm³/mol. The van der Waals surface area contributed by atoms with Gasteiger partial charge in [0.15, 0.2) is 0 Å². The standard InChI is InChI=1S/C13H18Cl2N2O2/c1-3-10(4-2)17(5-6-18)13(19)9-7-11(14)16-12(15)8-9/h7-8,10,18H,3-6H2,1-2H3. The number of aliphatic hydroxyl groups is 1. The SMILES string of the molecule is CCC(CC)N(CCO)C(=O)c1cc(Cl)nc(Cl)c1. The summed E-state index contributed by atoms with van der Waals surface area (Å²) in [5.74, 6) is -0.186. The summed E-state index contributed by atoms with van der Waals surface area (Å²) >= 11 is 11.6. The third-order valence-electron chi connectivity index (χ3n) is 2.99. The number of aliphatic hydroxyl groups excluding tert-OH is 1. The number of amides is 1. The number of nitrogens with zero attached hydrogens (tertiary/aromatic N) is 2. The van der Waals surface area contributed by atoms with E-state index in [4.69, 9.17) is 28.3 Å². The molecular formula is C13H18Cl2N2O2. The highest BCUT2D eigenvalue weighted by atomic mass is 35.5. The van der Waals surface area contributed by atoms with Gasteiger partial charge in [-0.1, -0.05) is 37.0 Å². The normalized spacial score (nSPS) is 10.8. The highest BCUT2D eigenvalue weighted by Gasteiger charge is 2.22. The molecule has 0 radical (unpaired) electrons. The molecule has 0 bridgehead atoms. The van der Waals surface area contributed by atoms with E-state index < -0.39 is 0 Å². The van der Waals surface area contributed by atoms with Crippen molar-refractivity contribution in [1.82, 2.24) is 9.88 Å². The lowest BCUT2D eigenvalue weighted by atomic mass is 10.1. The van der Waals surface area contributed by atoms with E-state index >= 15 is 0 Å². The summed E-state index contributed by atoms with van der Waals surface area (Å²) in [4.78, 5) is 17.9. The molecular weight excluding hydrogens is 287 g/mol. The van der Waals surface area contributed by atoms with Gasteiger partial charge in [-0.15, -0.1) is 0 Å². The zero-order valence-electron chi connectivity index (χ0n) is 11.1. The van der Waals surface area contributed by atoms with E-state index in [1.54, 1.807) is 4.90 Å². The van der Waals surface area contributed by atoms with E-state index in [9.17, 15) is 4.79 Å². The van der Waals surface area contributed by atoms with Crippen LogP contribution in [0.1, 0.15) is 37.0 Å². The largest absolute Gasteiger partial charge is 0.395 e. The van der Waals surface area contributed by atoms with E-state index in [-0.39, 0.29) is 28.9 Å². The summed E-state index contributed by atoms with van der Waals surface area (Å²) in [6.45, 7) is 4.24. The van der Waals surface area contributed by atoms with Crippen LogP contribution in [0.5, 0.6) is 0 Å². The Kier molecular flexibility index (Phi) is 6.55. The van der Waals surface area contributed by atoms with Crippen molar-refractivity contribution in [3.05, 3.63) is 28.0 Å². The van der Waals surface area contributed by atoms with Crippen LogP contribution in [0.4, 0.5) is 0 Å². The number of halogens is 2. The molecule has 1 aromatic heterocycles. The molecule has 0 saturated heterocycles. The lowest BCUT2D eigenvalue weighted by Gasteiger charge is -2.30. The molecule has 106 valence electrons. The van der Waals surface area contributed by atoms with E-state index in [1.165, 1.54) is 12.1 Å². The molecule has 0 unspecified atom stereocenters. The molecule has 0 aliphatic heterocycles. The quantitative estimate of drug-likeness (QED) is 0.822. The molecule has 1 amide bonds. The molecule has 6 heteroatoms. The van der Waals surface area contributed by atoms with Gasteiger partial charge < -0.3 is 10.0 Å². The number of carbonyl (C=O) groups excluding carboxylic acids is 1. The fourth-order valence-corrected chi connectivity index (χ4v) is 2.50. The lowest BCUT2D eigenvalue weighted by molar-refractivity contribution is 0.0622. The Hall–Kier alpha value is -0.840. The van der Waals surface area contributed by atoms with Gasteiger partial charge >= 0.3 is 0 Å². The highest BCUT2D eigenvalue weighted by Crippen LogP contribution is 2.19. The van der Waals surface area contributed by atoms with Crippen LogP contribution in [0.15, 0.2) is 12.1 Å². The first-order valence-electron chi connectivity index (χ1n) is 6.28. The minimum absolute atomic E-state index is 0.0746. The molecule has 1 rings (SSSR count). The average Bonchev–Trinajstić information content (AvgIpc) is 2.37. The molecule has 1 N–H and O–H groups in total. The van der Waals surface area contributed by atoms with Crippen LogP contribution in [-0.4, -0.2) is 40.1 Å². The Morgan fingerprint density at radius 2 is 1.84 bits per heavy atom. The van der Waals surface area contributed by atoms with E-state index in [0.29, 0.717) is 12.1 Å². The minimum atomic E-state index is -0.186. The van der Waals surface area contributed by atoms with Crippen molar-refractivity contribution < 1.29 is 9.90 Å². The number of pyridine rings is 1. The van der Waals surface area contributed by atoms with E-state index in [0.717, 1.165) is 12.8 Å². The second-order valence-electron chi connectivity index (χ2n) is 4.19. The van der Waals surface area contributed by atoms with Crippen molar-refractivity contribution in [3.8, 4) is 0 Å². The molecule has 19 heavy (non-hydrogen) atoms. The Bertz CT molecular complexity index is 416. The fourth-order valence-electron chi connectivity index (χ4n) is 2.04. The van der Waals surface area contributed by atoms with Crippen LogP contribution >= 0.6 is 23.2 Å². The first kappa shape index (κ1) is 16.2. The lowest BCUT2D eigenvalue weighted by Crippen LogP contribution is -2.41. The van der Waals surface area contributed by atoms with E-state index in [1.807, 2.05) is 13.8 Å². The minimum Gasteiger partial charge on any atom is -0.395 e. The topological polar surface area (TPSA) is 53.4 Å². The van der Waals surface area contributed by atoms with Gasteiger partial charge in [0, 0.05) is 18.2 Å². The predicted octanol–water partition coefficient (Wildman–Crippen LogP) is 3.01. The monoisotopic (exact) mass is 304 g/mol. The van der Waals surface area contributed by atoms with Crippen LogP contribution in [0.3, 0.4) is 0 Å². The molecule has 0 spiro atoms. The van der Waals surface area contributed by atoms with Crippen molar-refractivity contribution >= 4 is 29.1 Å². The van der Waals surface area contributed by atoms with Crippen LogP contribution in [0.25, 0.3) is 0 Å². The molecule has 0 atom stereocenters. The maximum Gasteiger partial charge on any atom is 0.254 e. The van der Waals surface area contributed by atoms with Crippen molar-refractivity contribution in [2.24, 2.45) is 0 Å². The van der Waals surface area contributed by atoms with Crippen molar-refractivity contribution in [2.45, 2.75) is 32.7 Å². The average molecular weight is 305 g/mol. The van der Waals surface area contributed by atoms with Crippen LogP contribution in [0.2, 0.25) is 10.3 Å². The summed E-state index contributed by atoms with van der Waals surface area (Å²) in [6, 6.07) is 3.07. The Labute approximate surface area is 123 Å². The van der Waals surface area contributed by atoms with Crippen LogP contribution < -0.4 is 0 Å². The van der Waals surface area contributed by atoms with Gasteiger partial charge in [-0.3, -0.25) is 4.79 Å². The first-order chi connectivity index (χ1) is 9.03. The molecule has 4 nitrogen and oxygen atoms in total. The summed E-state index contributed by atoms with van der Waals surface area (Å²) < 4.78 is 0. The Balaban J connectivity index is 3.04. The van der Waals surface area contributed by atoms with Crippen molar-refractivity contribution in [2.75, 3.05) is 13.2 Å². The smallest absolute Gasteiger partial charge is 0.254 e. The van der Waals surface area contributed by atoms with Gasteiger partial charge in [0.25, 0.3) is 5.91 Å². The second-order valence-corrected chi connectivity index (χ2v) is 4.97. The van der Waals surface area contributed by atoms with Crippen LogP contribution in [0, 0.1) is 0 Å². The number of carbonyl (C=O) groups is 1. The van der Waals surface area contributed by atoms with Gasteiger partial charge in [0.2, 0.25) is 0 Å². The second kappa shape index (κ2) is 7.68. The molecule has 0 aliphatic rings. The van der Waals surface area contributed by atoms with Gasteiger partial charge in [-0.05, 0) is 25.0 Å². The molecule has 1 aromatic rings. The molecule has 0 fully saturated rings. The van der Waals surface area contributed by atoms with Gasteiger partial charge in [0.05, 0.1) is 6.61 Å². The van der Waals surface area contributed by atoms with Crippen molar-refractivity contribution in [1.29, 1.82) is 0 Å². The Morgan fingerprint density at radius 3 is 2.26 bits per heavy atom. The number of aromatic nitrogens is 1. The third kappa shape index (κ3) is 4.34. The fraction of sp³-hybridized carbons (Fsp3) is 0.538. The maximum atomic E-state index is 12.5. The number of rotatable bonds is 6. The van der Waals surface area contributed by atoms with Gasteiger partial charge in [-0.25, -0.2) is 4.98 Å². The zero-order chi connectivity index (χ0) is 14.4. The summed E-state index contributed by atoms with van der Waals surface area (Å²) in [5.41, 5.74) is 0.394. The zero-order valence-corrected chi connectivity index (χ0v) is 12.6. The van der Waals surface area contributed by atoms with Crippen LogP contribution in [-0.2, 0) is 0 Å². The molecule has 0 saturated carbocycles. The number of hydrogen-bond acceptors (Lipinski definition) is 3. The van der Waals surface area contributed by atoms with E-state index in [2.05, 4.69) is 4.98 Å². The third-order valence-corrected chi connectivity index (χ3v) is 3.38. The Morgan fingerprint density at radius 1 is 1.32 bits per heavy atom. The van der Waals surface area contributed by atoms with Gasteiger partial charge in [0.1, 0.15) is 10.3 Å². The first-order valence-corrected chi connectivity index (χ1v) is 7.03. The summed E-state index contributed by atoms with van der Waals surface area (Å²) in [5, 5.41) is 9.49.